The van der Waals surface area contributed by atoms with Crippen molar-refractivity contribution in [3.05, 3.63) is 93.3 Å². The first kappa shape index (κ1) is 23.8. The van der Waals surface area contributed by atoms with E-state index < -0.39 is 17.5 Å². The van der Waals surface area contributed by atoms with Gasteiger partial charge in [-0.2, -0.15) is 13.2 Å². The number of alkyl halides is 3. The second kappa shape index (κ2) is 10.2. The molecule has 0 fully saturated rings. The highest BCUT2D eigenvalue weighted by Gasteiger charge is 2.39. The van der Waals surface area contributed by atoms with Gasteiger partial charge in [0.15, 0.2) is 0 Å². The molecule has 0 radical (unpaired) electrons. The topological polar surface area (TPSA) is 53.9 Å². The van der Waals surface area contributed by atoms with Crippen molar-refractivity contribution in [3.63, 3.8) is 0 Å². The molecule has 0 amide bonds. The number of quaternary nitrogens is 1. The zero-order chi connectivity index (χ0) is 23.3. The molecule has 3 rings (SSSR count). The molecule has 1 heterocycles. The van der Waals surface area contributed by atoms with Gasteiger partial charge in [0.25, 0.3) is 5.78 Å². The molecule has 3 aromatic rings. The zero-order valence-corrected chi connectivity index (χ0v) is 18.7. The van der Waals surface area contributed by atoms with Gasteiger partial charge in [-0.1, -0.05) is 41.9 Å². The normalized spacial score (nSPS) is 12.7. The van der Waals surface area contributed by atoms with E-state index in [2.05, 4.69) is 5.73 Å². The van der Waals surface area contributed by atoms with E-state index in [4.69, 9.17) is 16.3 Å². The summed E-state index contributed by atoms with van der Waals surface area (Å²) in [5.74, 6) is -1.31. The molecule has 2 aromatic carbocycles. The largest absolute Gasteiger partial charge is 0.488 e. The van der Waals surface area contributed by atoms with Gasteiger partial charge >= 0.3 is 6.18 Å². The molecule has 32 heavy (non-hydrogen) atoms. The first-order chi connectivity index (χ1) is 15.2. The number of ether oxygens (including phenoxy) is 1. The molecule has 3 N–H and O–H groups in total. The SMILES string of the molecule is C/C(=C\C(=C/[NH3+])c1sccc1-c1cc(Cl)ccc1OCc1ccccc1)C(=O)C(F)(F)F. The van der Waals surface area contributed by atoms with Crippen LogP contribution in [0, 0.1) is 0 Å². The van der Waals surface area contributed by atoms with Crippen molar-refractivity contribution in [2.45, 2.75) is 19.7 Å². The summed E-state index contributed by atoms with van der Waals surface area (Å²) in [6, 6.07) is 16.7. The van der Waals surface area contributed by atoms with Crippen LogP contribution in [0.1, 0.15) is 17.4 Å². The van der Waals surface area contributed by atoms with Gasteiger partial charge in [0, 0.05) is 32.2 Å². The van der Waals surface area contributed by atoms with E-state index >= 15 is 0 Å². The maximum atomic E-state index is 12.8. The molecule has 0 spiro atoms. The number of hydrogen-bond acceptors (Lipinski definition) is 3. The van der Waals surface area contributed by atoms with E-state index in [9.17, 15) is 18.0 Å². The second-order valence-corrected chi connectivity index (χ2v) is 8.24. The number of carbonyl (C=O) groups is 1. The number of allylic oxidation sites excluding steroid dienone is 3. The van der Waals surface area contributed by atoms with Crippen LogP contribution in [0.2, 0.25) is 5.02 Å². The molecule has 8 heteroatoms. The molecule has 0 aliphatic heterocycles. The van der Waals surface area contributed by atoms with Crippen LogP contribution in [-0.2, 0) is 11.4 Å². The smallest absolute Gasteiger partial charge is 0.454 e. The summed E-state index contributed by atoms with van der Waals surface area (Å²) in [6.07, 6.45) is -2.30. The molecule has 1 aromatic heterocycles. The van der Waals surface area contributed by atoms with Crippen LogP contribution < -0.4 is 10.5 Å². The fourth-order valence-corrected chi connectivity index (χ4v) is 4.15. The Morgan fingerprint density at radius 1 is 1.12 bits per heavy atom. The average Bonchev–Trinajstić information content (AvgIpc) is 3.25. The predicted octanol–water partition coefficient (Wildman–Crippen LogP) is 6.31. The van der Waals surface area contributed by atoms with Crippen molar-refractivity contribution in [3.8, 4) is 16.9 Å². The summed E-state index contributed by atoms with van der Waals surface area (Å²) in [7, 11) is 0. The van der Waals surface area contributed by atoms with Crippen molar-refractivity contribution < 1.29 is 28.4 Å². The Hall–Kier alpha value is -2.87. The van der Waals surface area contributed by atoms with Gasteiger partial charge < -0.3 is 10.5 Å². The summed E-state index contributed by atoms with van der Waals surface area (Å²) in [6.45, 7) is 1.48. The summed E-state index contributed by atoms with van der Waals surface area (Å²) in [5, 5.41) is 2.30. The summed E-state index contributed by atoms with van der Waals surface area (Å²) >= 11 is 7.56. The molecule has 0 saturated carbocycles. The predicted molar refractivity (Wildman–Crippen MR) is 121 cm³/mol. The highest BCUT2D eigenvalue weighted by molar-refractivity contribution is 7.11. The van der Waals surface area contributed by atoms with Gasteiger partial charge in [0.05, 0.1) is 6.20 Å². The first-order valence-corrected chi connectivity index (χ1v) is 10.8. The van der Waals surface area contributed by atoms with Crippen molar-refractivity contribution in [2.75, 3.05) is 0 Å². The number of halogens is 4. The average molecular weight is 479 g/mol. The lowest BCUT2D eigenvalue weighted by Gasteiger charge is -2.13. The Morgan fingerprint density at radius 3 is 2.50 bits per heavy atom. The molecule has 0 aliphatic carbocycles. The van der Waals surface area contributed by atoms with Crippen LogP contribution in [0.25, 0.3) is 16.7 Å². The van der Waals surface area contributed by atoms with E-state index in [0.29, 0.717) is 33.4 Å². The minimum atomic E-state index is -4.93. The standard InChI is InChI=1S/C24H19ClF3NO2S/c1-15(23(30)24(26,27)28)11-17(13-29)22-19(9-10-32-22)20-12-18(25)7-8-21(20)31-14-16-5-3-2-4-6-16/h2-13H,14,29H2,1H3/p+1/b15-11+,17-13+. The Balaban J connectivity index is 1.98. The van der Waals surface area contributed by atoms with Crippen molar-refractivity contribution in [1.29, 1.82) is 0 Å². The highest BCUT2D eigenvalue weighted by atomic mass is 35.5. The van der Waals surface area contributed by atoms with Gasteiger partial charge in [-0.15, -0.1) is 11.3 Å². The Labute approximate surface area is 192 Å². The molecule has 166 valence electrons. The number of carbonyl (C=O) groups excluding carboxylic acids is 1. The maximum Gasteiger partial charge on any atom is 0.454 e. The molecule has 0 saturated heterocycles. The number of hydrogen-bond donors (Lipinski definition) is 1. The molecule has 0 aliphatic rings. The molecule has 0 unspecified atom stereocenters. The van der Waals surface area contributed by atoms with E-state index in [1.165, 1.54) is 23.6 Å². The van der Waals surface area contributed by atoms with E-state index in [0.717, 1.165) is 18.1 Å². The summed E-state index contributed by atoms with van der Waals surface area (Å²) < 4.78 is 44.5. The zero-order valence-electron chi connectivity index (χ0n) is 17.1. The van der Waals surface area contributed by atoms with Crippen LogP contribution >= 0.6 is 22.9 Å². The minimum absolute atomic E-state index is 0.339. The van der Waals surface area contributed by atoms with Gasteiger partial charge in [0.2, 0.25) is 0 Å². The number of benzene rings is 2. The Kier molecular flexibility index (Phi) is 7.56. The van der Waals surface area contributed by atoms with Crippen LogP contribution in [0.4, 0.5) is 13.2 Å². The first-order valence-electron chi connectivity index (χ1n) is 9.54. The lowest BCUT2D eigenvalue weighted by atomic mass is 10.0. The third-order valence-electron chi connectivity index (χ3n) is 4.60. The molecule has 3 nitrogen and oxygen atoms in total. The van der Waals surface area contributed by atoms with Gasteiger partial charge in [-0.05, 0) is 48.2 Å². The van der Waals surface area contributed by atoms with E-state index in [1.54, 1.807) is 18.2 Å². The van der Waals surface area contributed by atoms with Crippen LogP contribution in [-0.4, -0.2) is 12.0 Å². The van der Waals surface area contributed by atoms with Gasteiger partial charge in [-0.25, -0.2) is 0 Å². The molecular formula is C24H20ClF3NO2S+. The van der Waals surface area contributed by atoms with E-state index in [-0.39, 0.29) is 0 Å². The fraction of sp³-hybridized carbons (Fsp3) is 0.125. The minimum Gasteiger partial charge on any atom is -0.488 e. The van der Waals surface area contributed by atoms with Crippen molar-refractivity contribution >= 4 is 34.3 Å². The lowest BCUT2D eigenvalue weighted by Crippen LogP contribution is -2.39. The third kappa shape index (κ3) is 5.68. The van der Waals surface area contributed by atoms with Crippen LogP contribution in [0.3, 0.4) is 0 Å². The summed E-state index contributed by atoms with van der Waals surface area (Å²) in [4.78, 5) is 12.2. The molecule has 0 atom stereocenters. The summed E-state index contributed by atoms with van der Waals surface area (Å²) in [5.41, 5.74) is 6.10. The van der Waals surface area contributed by atoms with Crippen LogP contribution in [0.5, 0.6) is 5.75 Å². The van der Waals surface area contributed by atoms with Crippen molar-refractivity contribution in [2.24, 2.45) is 0 Å². The highest BCUT2D eigenvalue weighted by Crippen LogP contribution is 2.40. The van der Waals surface area contributed by atoms with E-state index in [1.807, 2.05) is 41.8 Å². The van der Waals surface area contributed by atoms with Gasteiger partial charge in [0.1, 0.15) is 12.4 Å². The second-order valence-electron chi connectivity index (χ2n) is 6.89. The maximum absolute atomic E-state index is 12.8. The van der Waals surface area contributed by atoms with Gasteiger partial charge in [-0.3, -0.25) is 4.79 Å². The monoisotopic (exact) mass is 478 g/mol. The number of rotatable bonds is 7. The lowest BCUT2D eigenvalue weighted by molar-refractivity contribution is -0.273. The van der Waals surface area contributed by atoms with Crippen LogP contribution in [0.15, 0.2) is 77.8 Å². The quantitative estimate of drug-likeness (QED) is 0.319. The Bertz CT molecular complexity index is 1170. The van der Waals surface area contributed by atoms with Crippen molar-refractivity contribution in [1.82, 2.24) is 0 Å². The fourth-order valence-electron chi connectivity index (χ4n) is 3.06. The number of ketones is 1. The molecule has 0 bridgehead atoms. The number of Topliss-reactive ketones (excluding diaryl/α,β-unsaturated/α-hetero) is 1. The molecular weight excluding hydrogens is 459 g/mol. The third-order valence-corrected chi connectivity index (χ3v) is 5.80. The Morgan fingerprint density at radius 2 is 1.84 bits per heavy atom. The number of thiophene rings is 1.